The van der Waals surface area contributed by atoms with Crippen molar-refractivity contribution >= 4 is 38.6 Å². The van der Waals surface area contributed by atoms with Crippen LogP contribution in [0.2, 0.25) is 4.34 Å². The molecule has 0 amide bonds. The van der Waals surface area contributed by atoms with Gasteiger partial charge in [0, 0.05) is 58.5 Å². The molecule has 1 fully saturated rings. The molecule has 0 radical (unpaired) electrons. The lowest BCUT2D eigenvalue weighted by atomic mass is 10.0. The van der Waals surface area contributed by atoms with Crippen molar-refractivity contribution in [2.24, 2.45) is 0 Å². The molecule has 0 saturated carbocycles. The van der Waals surface area contributed by atoms with E-state index in [4.69, 9.17) is 11.6 Å². The molecule has 9 heteroatoms. The first-order valence-corrected chi connectivity index (χ1v) is 11.9. The normalized spacial score (nSPS) is 17.6. The highest BCUT2D eigenvalue weighted by atomic mass is 35.5. The number of thiophene rings is 1. The SMILES string of the molecule is CN1CCN([C@@H](CNS(=O)(=O)c2ccc(Cl)s2)c2ccc(N(C)C)cc2)CC1. The van der Waals surface area contributed by atoms with Gasteiger partial charge in [-0.1, -0.05) is 23.7 Å². The molecule has 2 heterocycles. The molecule has 1 N–H and O–H groups in total. The predicted octanol–water partition coefficient (Wildman–Crippen LogP) is 2.73. The van der Waals surface area contributed by atoms with Crippen molar-refractivity contribution in [3.63, 3.8) is 0 Å². The number of sulfonamides is 1. The Morgan fingerprint density at radius 2 is 1.75 bits per heavy atom. The van der Waals surface area contributed by atoms with Gasteiger partial charge in [-0.3, -0.25) is 4.90 Å². The molecule has 1 aromatic heterocycles. The quantitative estimate of drug-likeness (QED) is 0.714. The molecule has 1 aromatic carbocycles. The molecule has 1 aliphatic heterocycles. The number of benzene rings is 1. The Bertz CT molecular complexity index is 876. The summed E-state index contributed by atoms with van der Waals surface area (Å²) in [6.07, 6.45) is 0. The van der Waals surface area contributed by atoms with Crippen molar-refractivity contribution in [1.29, 1.82) is 0 Å². The molecule has 2 aromatic rings. The Morgan fingerprint density at radius 3 is 2.29 bits per heavy atom. The zero-order valence-electron chi connectivity index (χ0n) is 16.4. The smallest absolute Gasteiger partial charge is 0.250 e. The second-order valence-electron chi connectivity index (χ2n) is 7.25. The zero-order chi connectivity index (χ0) is 20.3. The molecule has 1 aliphatic rings. The fourth-order valence-corrected chi connectivity index (χ4v) is 5.85. The Balaban J connectivity index is 1.80. The van der Waals surface area contributed by atoms with Gasteiger partial charge in [0.05, 0.1) is 4.34 Å². The lowest BCUT2D eigenvalue weighted by Crippen LogP contribution is -2.48. The van der Waals surface area contributed by atoms with E-state index in [-0.39, 0.29) is 10.3 Å². The minimum absolute atomic E-state index is 0.0184. The van der Waals surface area contributed by atoms with Gasteiger partial charge in [0.2, 0.25) is 10.0 Å². The highest BCUT2D eigenvalue weighted by molar-refractivity contribution is 7.91. The third kappa shape index (κ3) is 5.25. The van der Waals surface area contributed by atoms with Crippen LogP contribution < -0.4 is 9.62 Å². The Kier molecular flexibility index (Phi) is 7.01. The highest BCUT2D eigenvalue weighted by Gasteiger charge is 2.26. The van der Waals surface area contributed by atoms with Crippen LogP contribution in [0.5, 0.6) is 0 Å². The van der Waals surface area contributed by atoms with Gasteiger partial charge in [0.15, 0.2) is 0 Å². The topological polar surface area (TPSA) is 55.9 Å². The van der Waals surface area contributed by atoms with Crippen LogP contribution in [0.15, 0.2) is 40.6 Å². The molecular formula is C19H27ClN4O2S2. The fraction of sp³-hybridized carbons (Fsp3) is 0.474. The van der Waals surface area contributed by atoms with Gasteiger partial charge in [0.1, 0.15) is 4.21 Å². The lowest BCUT2D eigenvalue weighted by molar-refractivity contribution is 0.113. The summed E-state index contributed by atoms with van der Waals surface area (Å²) in [5.74, 6) is 0. The van der Waals surface area contributed by atoms with Gasteiger partial charge >= 0.3 is 0 Å². The molecule has 0 aliphatic carbocycles. The number of hydrogen-bond donors (Lipinski definition) is 1. The molecule has 1 saturated heterocycles. The van der Waals surface area contributed by atoms with Gasteiger partial charge in [-0.2, -0.15) is 0 Å². The van der Waals surface area contributed by atoms with Crippen LogP contribution in [0.1, 0.15) is 11.6 Å². The number of hydrogen-bond acceptors (Lipinski definition) is 6. The molecule has 1 atom stereocenters. The van der Waals surface area contributed by atoms with E-state index in [2.05, 4.69) is 50.7 Å². The van der Waals surface area contributed by atoms with Crippen LogP contribution in [0.25, 0.3) is 0 Å². The standard InChI is InChI=1S/C19H27ClN4O2S2/c1-22(2)16-6-4-15(5-7-16)17(24-12-10-23(3)11-13-24)14-21-28(25,26)19-9-8-18(20)27-19/h4-9,17,21H,10-14H2,1-3H3/t17-/m0/s1. The summed E-state index contributed by atoms with van der Waals surface area (Å²) in [5, 5.41) is 0. The summed E-state index contributed by atoms with van der Waals surface area (Å²) in [7, 11) is 2.55. The van der Waals surface area contributed by atoms with Crippen LogP contribution in [0.3, 0.4) is 0 Å². The summed E-state index contributed by atoms with van der Waals surface area (Å²) in [5.41, 5.74) is 2.23. The van der Waals surface area contributed by atoms with E-state index < -0.39 is 10.0 Å². The van der Waals surface area contributed by atoms with E-state index in [1.807, 2.05) is 14.1 Å². The third-order valence-corrected chi connectivity index (χ3v) is 8.20. The van der Waals surface area contributed by atoms with E-state index in [0.29, 0.717) is 10.9 Å². The Morgan fingerprint density at radius 1 is 1.11 bits per heavy atom. The number of anilines is 1. The number of piperazine rings is 1. The summed E-state index contributed by atoms with van der Waals surface area (Å²) in [6, 6.07) is 11.5. The van der Waals surface area contributed by atoms with Crippen LogP contribution >= 0.6 is 22.9 Å². The van der Waals surface area contributed by atoms with Crippen molar-refractivity contribution in [1.82, 2.24) is 14.5 Å². The predicted molar refractivity (Wildman–Crippen MR) is 117 cm³/mol. The number of likely N-dealkylation sites (N-methyl/N-ethyl adjacent to an activating group) is 1. The summed E-state index contributed by atoms with van der Waals surface area (Å²) >= 11 is 6.98. The van der Waals surface area contributed by atoms with Gasteiger partial charge in [-0.05, 0) is 36.9 Å². The average molecular weight is 443 g/mol. The van der Waals surface area contributed by atoms with Crippen molar-refractivity contribution < 1.29 is 8.42 Å². The second-order valence-corrected chi connectivity index (χ2v) is 11.0. The monoisotopic (exact) mass is 442 g/mol. The van der Waals surface area contributed by atoms with E-state index >= 15 is 0 Å². The summed E-state index contributed by atoms with van der Waals surface area (Å²) in [4.78, 5) is 6.70. The van der Waals surface area contributed by atoms with Crippen molar-refractivity contribution in [3.05, 3.63) is 46.3 Å². The van der Waals surface area contributed by atoms with E-state index in [1.54, 1.807) is 12.1 Å². The van der Waals surface area contributed by atoms with Gasteiger partial charge in [-0.25, -0.2) is 13.1 Å². The Labute approximate surface area is 176 Å². The molecule has 6 nitrogen and oxygen atoms in total. The summed E-state index contributed by atoms with van der Waals surface area (Å²) < 4.78 is 28.8. The zero-order valence-corrected chi connectivity index (χ0v) is 18.8. The highest BCUT2D eigenvalue weighted by Crippen LogP contribution is 2.27. The fourth-order valence-electron chi connectivity index (χ4n) is 3.29. The van der Waals surface area contributed by atoms with Gasteiger partial charge < -0.3 is 9.80 Å². The average Bonchev–Trinajstić information content (AvgIpc) is 3.11. The van der Waals surface area contributed by atoms with Gasteiger partial charge in [-0.15, -0.1) is 11.3 Å². The minimum Gasteiger partial charge on any atom is -0.378 e. The largest absolute Gasteiger partial charge is 0.378 e. The molecule has 0 spiro atoms. The van der Waals surface area contributed by atoms with Crippen LogP contribution in [0.4, 0.5) is 5.69 Å². The molecule has 3 rings (SSSR count). The van der Waals surface area contributed by atoms with E-state index in [0.717, 1.165) is 48.8 Å². The number of halogens is 1. The first-order valence-electron chi connectivity index (χ1n) is 9.21. The molecule has 0 bridgehead atoms. The second kappa shape index (κ2) is 9.11. The van der Waals surface area contributed by atoms with Crippen molar-refractivity contribution in [3.8, 4) is 0 Å². The molecule has 0 unspecified atom stereocenters. The first kappa shape index (κ1) is 21.5. The maximum atomic E-state index is 12.7. The van der Waals surface area contributed by atoms with Crippen LogP contribution in [-0.4, -0.2) is 72.1 Å². The molecular weight excluding hydrogens is 416 g/mol. The molecule has 154 valence electrons. The van der Waals surface area contributed by atoms with Crippen LogP contribution in [0, 0.1) is 0 Å². The maximum Gasteiger partial charge on any atom is 0.250 e. The van der Waals surface area contributed by atoms with E-state index in [1.165, 1.54) is 0 Å². The first-order chi connectivity index (χ1) is 13.3. The lowest BCUT2D eigenvalue weighted by Gasteiger charge is -2.38. The number of nitrogens with one attached hydrogen (secondary N) is 1. The number of rotatable bonds is 7. The minimum atomic E-state index is -3.57. The Hall–Kier alpha value is -1.16. The molecule has 28 heavy (non-hydrogen) atoms. The van der Waals surface area contributed by atoms with Crippen LogP contribution in [-0.2, 0) is 10.0 Å². The van der Waals surface area contributed by atoms with Crippen molar-refractivity contribution in [2.75, 3.05) is 58.8 Å². The van der Waals surface area contributed by atoms with Crippen molar-refractivity contribution in [2.45, 2.75) is 10.3 Å². The third-order valence-electron chi connectivity index (χ3n) is 5.05. The maximum absolute atomic E-state index is 12.7. The number of nitrogens with zero attached hydrogens (tertiary/aromatic N) is 3. The van der Waals surface area contributed by atoms with Gasteiger partial charge in [0.25, 0.3) is 0 Å². The summed E-state index contributed by atoms with van der Waals surface area (Å²) in [6.45, 7) is 4.08. The van der Waals surface area contributed by atoms with E-state index in [9.17, 15) is 8.42 Å².